The number of nitrogens with one attached hydrogen (secondary N) is 1. The molecular weight excluding hydrogens is 380 g/mol. The van der Waals surface area contributed by atoms with E-state index in [1.54, 1.807) is 24.1 Å². The van der Waals surface area contributed by atoms with Crippen LogP contribution in [0.4, 0.5) is 11.5 Å². The summed E-state index contributed by atoms with van der Waals surface area (Å²) in [7, 11) is 3.73. The highest BCUT2D eigenvalue weighted by Crippen LogP contribution is 2.31. The highest BCUT2D eigenvalue weighted by molar-refractivity contribution is 7.90. The summed E-state index contributed by atoms with van der Waals surface area (Å²) >= 11 is -1.32. The molecule has 3 aromatic heterocycles. The van der Waals surface area contributed by atoms with Crippen molar-refractivity contribution < 1.29 is 9.29 Å². The van der Waals surface area contributed by atoms with Crippen LogP contribution in [-0.2, 0) is 11.2 Å². The van der Waals surface area contributed by atoms with E-state index in [-0.39, 0.29) is 5.16 Å². The maximum Gasteiger partial charge on any atom is 0.361 e. The van der Waals surface area contributed by atoms with E-state index in [0.29, 0.717) is 29.1 Å². The van der Waals surface area contributed by atoms with Gasteiger partial charge in [-0.3, -0.25) is 4.68 Å². The Labute approximate surface area is 166 Å². The van der Waals surface area contributed by atoms with E-state index in [1.165, 1.54) is 0 Å². The summed E-state index contributed by atoms with van der Waals surface area (Å²) < 4.78 is 21.0. The SMILES string of the molecule is COc1nn(C2CCN(C)CC2)cc1Nc1nc([S+](C)[O-])nn2c(C)cnc12. The molecule has 0 radical (unpaired) electrons. The standard InChI is InChI=1S/C17H24N8O2S/c1-11-9-18-15-14(20-17(28(4)26)22-25(11)15)19-13-10-24(21-16(13)27-3)12-5-7-23(2)8-6-12/h9-10,12H,5-8H2,1-4H3,(H,19,20,22). The molecule has 28 heavy (non-hydrogen) atoms. The lowest BCUT2D eigenvalue weighted by Crippen LogP contribution is -2.31. The summed E-state index contributed by atoms with van der Waals surface area (Å²) in [6.07, 6.45) is 7.27. The van der Waals surface area contributed by atoms with Crippen LogP contribution >= 0.6 is 0 Å². The Morgan fingerprint density at radius 1 is 1.29 bits per heavy atom. The summed E-state index contributed by atoms with van der Waals surface area (Å²) in [6.45, 7) is 3.97. The molecule has 3 aromatic rings. The van der Waals surface area contributed by atoms with Crippen molar-refractivity contribution in [2.24, 2.45) is 0 Å². The average Bonchev–Trinajstić information content (AvgIpc) is 3.26. The Hall–Kier alpha value is -2.37. The fourth-order valence-electron chi connectivity index (χ4n) is 3.36. The summed E-state index contributed by atoms with van der Waals surface area (Å²) in [5, 5.41) is 12.4. The van der Waals surface area contributed by atoms with Gasteiger partial charge in [-0.15, -0.1) is 5.10 Å². The molecule has 1 saturated heterocycles. The van der Waals surface area contributed by atoms with Gasteiger partial charge in [-0.1, -0.05) is 5.10 Å². The molecule has 0 aliphatic carbocycles. The zero-order valence-electron chi connectivity index (χ0n) is 16.4. The summed E-state index contributed by atoms with van der Waals surface area (Å²) in [5.41, 5.74) is 2.08. The number of imidazole rings is 1. The number of ether oxygens (including phenoxy) is 1. The molecule has 150 valence electrons. The summed E-state index contributed by atoms with van der Waals surface area (Å²) in [6, 6.07) is 0.332. The van der Waals surface area contributed by atoms with Gasteiger partial charge in [0.25, 0.3) is 5.88 Å². The molecule has 0 aromatic carbocycles. The monoisotopic (exact) mass is 404 g/mol. The second-order valence-electron chi connectivity index (χ2n) is 7.02. The van der Waals surface area contributed by atoms with Gasteiger partial charge in [0.05, 0.1) is 31.2 Å². The first-order chi connectivity index (χ1) is 13.5. The van der Waals surface area contributed by atoms with Gasteiger partial charge in [-0.05, 0) is 39.9 Å². The number of methoxy groups -OCH3 is 1. The van der Waals surface area contributed by atoms with Gasteiger partial charge in [0, 0.05) is 11.2 Å². The fourth-order valence-corrected chi connectivity index (χ4v) is 3.78. The van der Waals surface area contributed by atoms with Gasteiger partial charge in [0.1, 0.15) is 11.9 Å². The number of rotatable bonds is 5. The van der Waals surface area contributed by atoms with Crippen molar-refractivity contribution in [2.75, 3.05) is 38.8 Å². The van der Waals surface area contributed by atoms with Crippen molar-refractivity contribution in [3.8, 4) is 5.88 Å². The molecule has 4 heterocycles. The predicted octanol–water partition coefficient (Wildman–Crippen LogP) is 1.39. The van der Waals surface area contributed by atoms with Crippen LogP contribution in [0.5, 0.6) is 5.88 Å². The van der Waals surface area contributed by atoms with E-state index >= 15 is 0 Å². The Morgan fingerprint density at radius 2 is 2.04 bits per heavy atom. The van der Waals surface area contributed by atoms with Crippen LogP contribution in [0.1, 0.15) is 24.6 Å². The van der Waals surface area contributed by atoms with Gasteiger partial charge in [0.15, 0.2) is 11.5 Å². The van der Waals surface area contributed by atoms with E-state index in [9.17, 15) is 4.55 Å². The van der Waals surface area contributed by atoms with Crippen molar-refractivity contribution in [3.63, 3.8) is 0 Å². The van der Waals surface area contributed by atoms with Gasteiger partial charge >= 0.3 is 5.16 Å². The summed E-state index contributed by atoms with van der Waals surface area (Å²) in [5.74, 6) is 0.952. The molecule has 1 unspecified atom stereocenters. The smallest absolute Gasteiger partial charge is 0.361 e. The fraction of sp³-hybridized carbons (Fsp3) is 0.529. The molecule has 0 amide bonds. The lowest BCUT2D eigenvalue weighted by molar-refractivity contribution is 0.210. The second kappa shape index (κ2) is 7.57. The zero-order valence-corrected chi connectivity index (χ0v) is 17.2. The number of hydrogen-bond acceptors (Lipinski definition) is 8. The topological polar surface area (TPSA) is 108 Å². The molecule has 4 rings (SSSR count). The molecule has 1 fully saturated rings. The van der Waals surface area contributed by atoms with Crippen LogP contribution in [0.15, 0.2) is 17.6 Å². The quantitative estimate of drug-likeness (QED) is 0.636. The van der Waals surface area contributed by atoms with E-state index < -0.39 is 11.2 Å². The number of fused-ring (bicyclic) bond motifs is 1. The van der Waals surface area contributed by atoms with Gasteiger partial charge in [-0.2, -0.15) is 4.98 Å². The Bertz CT molecular complexity index is 977. The highest BCUT2D eigenvalue weighted by atomic mass is 32.2. The molecule has 1 aliphatic heterocycles. The third-order valence-corrected chi connectivity index (χ3v) is 5.66. The lowest BCUT2D eigenvalue weighted by atomic mass is 10.1. The zero-order chi connectivity index (χ0) is 19.8. The van der Waals surface area contributed by atoms with E-state index in [4.69, 9.17) is 4.74 Å². The normalized spacial score (nSPS) is 17.2. The van der Waals surface area contributed by atoms with Gasteiger partial charge < -0.3 is 19.5 Å². The van der Waals surface area contributed by atoms with E-state index in [0.717, 1.165) is 31.6 Å². The van der Waals surface area contributed by atoms with Crippen LogP contribution in [-0.4, -0.2) is 72.3 Å². The van der Waals surface area contributed by atoms with Crippen LogP contribution in [0.2, 0.25) is 0 Å². The molecule has 1 aliphatic rings. The molecule has 0 bridgehead atoms. The number of anilines is 2. The first-order valence-electron chi connectivity index (χ1n) is 9.10. The van der Waals surface area contributed by atoms with Crippen LogP contribution in [0.25, 0.3) is 5.65 Å². The largest absolute Gasteiger partial charge is 0.609 e. The minimum atomic E-state index is -1.32. The molecular formula is C17H24N8O2S. The predicted molar refractivity (Wildman–Crippen MR) is 106 cm³/mol. The van der Waals surface area contributed by atoms with Crippen molar-refractivity contribution in [1.29, 1.82) is 0 Å². The number of likely N-dealkylation sites (tertiary alicyclic amines) is 1. The van der Waals surface area contributed by atoms with E-state index in [1.807, 2.05) is 17.8 Å². The third-order valence-electron chi connectivity index (χ3n) is 4.98. The number of piperidine rings is 1. The molecule has 1 atom stereocenters. The number of nitrogens with zero attached hydrogens (tertiary/aromatic N) is 7. The number of hydrogen-bond donors (Lipinski definition) is 1. The van der Waals surface area contributed by atoms with Crippen molar-refractivity contribution in [2.45, 2.75) is 31.0 Å². The molecule has 11 heteroatoms. The Balaban J connectivity index is 1.69. The van der Waals surface area contributed by atoms with Crippen molar-refractivity contribution in [1.82, 2.24) is 34.3 Å². The van der Waals surface area contributed by atoms with Gasteiger partial charge in [0.2, 0.25) is 0 Å². The first-order valence-corrected chi connectivity index (χ1v) is 10.7. The number of aryl methyl sites for hydroxylation is 1. The Kier molecular flexibility index (Phi) is 5.13. The minimum Gasteiger partial charge on any atom is -0.609 e. The second-order valence-corrected chi connectivity index (χ2v) is 8.30. The molecule has 0 spiro atoms. The Morgan fingerprint density at radius 3 is 2.71 bits per heavy atom. The van der Waals surface area contributed by atoms with E-state index in [2.05, 4.69) is 37.4 Å². The molecule has 1 N–H and O–H groups in total. The third kappa shape index (κ3) is 3.52. The molecule has 0 saturated carbocycles. The van der Waals surface area contributed by atoms with Crippen LogP contribution < -0.4 is 10.1 Å². The first kappa shape index (κ1) is 19.0. The maximum atomic E-state index is 12.0. The summed E-state index contributed by atoms with van der Waals surface area (Å²) in [4.78, 5) is 11.1. The maximum absolute atomic E-state index is 12.0. The van der Waals surface area contributed by atoms with Crippen molar-refractivity contribution in [3.05, 3.63) is 18.1 Å². The lowest BCUT2D eigenvalue weighted by Gasteiger charge is -2.28. The minimum absolute atomic E-state index is 0.234. The van der Waals surface area contributed by atoms with Gasteiger partial charge in [-0.25, -0.2) is 9.50 Å². The average molecular weight is 405 g/mol. The highest BCUT2D eigenvalue weighted by Gasteiger charge is 2.23. The molecule has 10 nitrogen and oxygen atoms in total. The van der Waals surface area contributed by atoms with Crippen LogP contribution in [0.3, 0.4) is 0 Å². The number of aromatic nitrogens is 6. The van der Waals surface area contributed by atoms with Crippen LogP contribution in [0, 0.1) is 6.92 Å². The van der Waals surface area contributed by atoms with Crippen molar-refractivity contribution >= 4 is 28.3 Å².